The number of aryl methyl sites for hydroxylation is 3. The molecule has 0 spiro atoms. The second kappa shape index (κ2) is 5.99. The molecule has 1 aromatic heterocycles. The van der Waals surface area contributed by atoms with E-state index in [0.29, 0.717) is 11.5 Å². The summed E-state index contributed by atoms with van der Waals surface area (Å²) in [7, 11) is -3.65. The third-order valence-corrected chi connectivity index (χ3v) is 5.24. The molecule has 1 aromatic carbocycles. The van der Waals surface area contributed by atoms with Gasteiger partial charge >= 0.3 is 0 Å². The Bertz CT molecular complexity index is 698. The fourth-order valence-electron chi connectivity index (χ4n) is 2.26. The summed E-state index contributed by atoms with van der Waals surface area (Å²) >= 11 is 0. The van der Waals surface area contributed by atoms with Crippen molar-refractivity contribution in [3.05, 3.63) is 46.8 Å². The highest BCUT2D eigenvalue weighted by Gasteiger charge is 2.26. The lowest BCUT2D eigenvalue weighted by molar-refractivity contribution is 0.390. The first kappa shape index (κ1) is 15.7. The SMILES string of the molecule is CCc1ccc([C@@H](C)NS(=O)(=O)c2c(C)noc2C)cc1. The maximum Gasteiger partial charge on any atom is 0.246 e. The van der Waals surface area contributed by atoms with E-state index in [1.54, 1.807) is 13.8 Å². The zero-order chi connectivity index (χ0) is 15.6. The van der Waals surface area contributed by atoms with E-state index >= 15 is 0 Å². The Balaban J connectivity index is 2.23. The standard InChI is InChI=1S/C15H20N2O3S/c1-5-13-6-8-14(9-7-13)10(2)17-21(18,19)15-11(3)16-20-12(15)4/h6-10,17H,5H2,1-4H3/t10-/m1/s1. The van der Waals surface area contributed by atoms with Crippen LogP contribution in [0.15, 0.2) is 33.7 Å². The minimum Gasteiger partial charge on any atom is -0.360 e. The molecule has 0 aliphatic carbocycles. The van der Waals surface area contributed by atoms with E-state index in [4.69, 9.17) is 4.52 Å². The van der Waals surface area contributed by atoms with Gasteiger partial charge < -0.3 is 4.52 Å². The van der Waals surface area contributed by atoms with Crippen LogP contribution >= 0.6 is 0 Å². The van der Waals surface area contributed by atoms with E-state index in [1.165, 1.54) is 5.56 Å². The van der Waals surface area contributed by atoms with Gasteiger partial charge in [0.25, 0.3) is 0 Å². The molecule has 0 radical (unpaired) electrons. The summed E-state index contributed by atoms with van der Waals surface area (Å²) < 4.78 is 32.5. The molecule has 6 heteroatoms. The maximum atomic E-state index is 12.4. The molecule has 0 aliphatic rings. The summed E-state index contributed by atoms with van der Waals surface area (Å²) in [5.74, 6) is 0.300. The quantitative estimate of drug-likeness (QED) is 0.922. The largest absolute Gasteiger partial charge is 0.360 e. The molecule has 1 atom stereocenters. The Labute approximate surface area is 125 Å². The molecule has 5 nitrogen and oxygen atoms in total. The molecule has 2 aromatic rings. The van der Waals surface area contributed by atoms with Crippen LogP contribution in [0.1, 0.15) is 42.5 Å². The molecule has 114 valence electrons. The lowest BCUT2D eigenvalue weighted by Crippen LogP contribution is -2.27. The van der Waals surface area contributed by atoms with Gasteiger partial charge in [-0.25, -0.2) is 13.1 Å². The summed E-state index contributed by atoms with van der Waals surface area (Å²) in [5.41, 5.74) is 2.51. The second-order valence-electron chi connectivity index (χ2n) is 5.09. The van der Waals surface area contributed by atoms with E-state index in [9.17, 15) is 8.42 Å². The molecule has 1 heterocycles. The minimum absolute atomic E-state index is 0.125. The number of hydrogen-bond acceptors (Lipinski definition) is 4. The lowest BCUT2D eigenvalue weighted by Gasteiger charge is -2.15. The van der Waals surface area contributed by atoms with Gasteiger partial charge in [0, 0.05) is 6.04 Å². The third-order valence-electron chi connectivity index (χ3n) is 3.46. The van der Waals surface area contributed by atoms with E-state index < -0.39 is 10.0 Å². The van der Waals surface area contributed by atoms with E-state index in [-0.39, 0.29) is 10.9 Å². The molecule has 1 N–H and O–H groups in total. The minimum atomic E-state index is -3.65. The molecule has 0 fully saturated rings. The average molecular weight is 308 g/mol. The summed E-state index contributed by atoms with van der Waals surface area (Å²) in [6, 6.07) is 7.58. The molecule has 0 unspecified atom stereocenters. The molecule has 0 saturated carbocycles. The molecule has 2 rings (SSSR count). The number of nitrogens with one attached hydrogen (secondary N) is 1. The van der Waals surface area contributed by atoms with Crippen molar-refractivity contribution in [2.45, 2.75) is 45.1 Å². The molecule has 0 bridgehead atoms. The average Bonchev–Trinajstić information content (AvgIpc) is 2.78. The zero-order valence-electron chi connectivity index (χ0n) is 12.7. The van der Waals surface area contributed by atoms with Crippen molar-refractivity contribution < 1.29 is 12.9 Å². The highest BCUT2D eigenvalue weighted by atomic mass is 32.2. The Kier molecular flexibility index (Phi) is 4.49. The Morgan fingerprint density at radius 1 is 1.24 bits per heavy atom. The van der Waals surface area contributed by atoms with Gasteiger partial charge in [0.05, 0.1) is 0 Å². The van der Waals surface area contributed by atoms with Crippen LogP contribution in [0.5, 0.6) is 0 Å². The van der Waals surface area contributed by atoms with Gasteiger partial charge in [-0.05, 0) is 38.3 Å². The predicted octanol–water partition coefficient (Wildman–Crippen LogP) is 2.89. The third kappa shape index (κ3) is 3.33. The molecule has 0 amide bonds. The van der Waals surface area contributed by atoms with Crippen LogP contribution in [-0.4, -0.2) is 13.6 Å². The summed E-state index contributed by atoms with van der Waals surface area (Å²) in [6.45, 7) is 7.11. The highest BCUT2D eigenvalue weighted by Crippen LogP contribution is 2.22. The van der Waals surface area contributed by atoms with Crippen molar-refractivity contribution in [1.29, 1.82) is 0 Å². The summed E-state index contributed by atoms with van der Waals surface area (Å²) in [5, 5.41) is 3.69. The monoisotopic (exact) mass is 308 g/mol. The van der Waals surface area contributed by atoms with E-state index in [2.05, 4.69) is 16.8 Å². The molecule has 0 aliphatic heterocycles. The van der Waals surface area contributed by atoms with Crippen molar-refractivity contribution in [2.75, 3.05) is 0 Å². The van der Waals surface area contributed by atoms with Gasteiger partial charge in [0.15, 0.2) is 5.76 Å². The smallest absolute Gasteiger partial charge is 0.246 e. The Morgan fingerprint density at radius 2 is 1.86 bits per heavy atom. The number of hydrogen-bond donors (Lipinski definition) is 1. The molecule has 0 saturated heterocycles. The van der Waals surface area contributed by atoms with E-state index in [0.717, 1.165) is 12.0 Å². The van der Waals surface area contributed by atoms with Gasteiger partial charge in [-0.1, -0.05) is 36.3 Å². The number of benzene rings is 1. The summed E-state index contributed by atoms with van der Waals surface area (Å²) in [4.78, 5) is 0.125. The van der Waals surface area contributed by atoms with Crippen LogP contribution in [-0.2, 0) is 16.4 Å². The Morgan fingerprint density at radius 3 is 2.33 bits per heavy atom. The number of nitrogens with zero attached hydrogens (tertiary/aromatic N) is 1. The fourth-order valence-corrected chi connectivity index (χ4v) is 3.82. The summed E-state index contributed by atoms with van der Waals surface area (Å²) in [6.07, 6.45) is 0.958. The molecular formula is C15H20N2O3S. The van der Waals surface area contributed by atoms with Crippen LogP contribution in [0, 0.1) is 13.8 Å². The first-order valence-electron chi connectivity index (χ1n) is 6.89. The van der Waals surface area contributed by atoms with Crippen LogP contribution < -0.4 is 4.72 Å². The van der Waals surface area contributed by atoms with Gasteiger partial charge in [-0.15, -0.1) is 0 Å². The van der Waals surface area contributed by atoms with Crippen LogP contribution in [0.3, 0.4) is 0 Å². The van der Waals surface area contributed by atoms with Crippen molar-refractivity contribution >= 4 is 10.0 Å². The van der Waals surface area contributed by atoms with Gasteiger partial charge in [-0.2, -0.15) is 0 Å². The fraction of sp³-hybridized carbons (Fsp3) is 0.400. The van der Waals surface area contributed by atoms with Crippen LogP contribution in [0.25, 0.3) is 0 Å². The van der Waals surface area contributed by atoms with Crippen molar-refractivity contribution in [2.24, 2.45) is 0 Å². The number of aromatic nitrogens is 1. The first-order valence-corrected chi connectivity index (χ1v) is 8.37. The maximum absolute atomic E-state index is 12.4. The topological polar surface area (TPSA) is 72.2 Å². The normalized spacial score (nSPS) is 13.3. The van der Waals surface area contributed by atoms with Crippen molar-refractivity contribution in [3.63, 3.8) is 0 Å². The predicted molar refractivity (Wildman–Crippen MR) is 80.5 cm³/mol. The zero-order valence-corrected chi connectivity index (χ0v) is 13.5. The van der Waals surface area contributed by atoms with Gasteiger partial charge in [0.2, 0.25) is 10.0 Å². The van der Waals surface area contributed by atoms with E-state index in [1.807, 2.05) is 31.2 Å². The van der Waals surface area contributed by atoms with Crippen LogP contribution in [0.2, 0.25) is 0 Å². The van der Waals surface area contributed by atoms with Crippen molar-refractivity contribution in [1.82, 2.24) is 9.88 Å². The Hall–Kier alpha value is -1.66. The lowest BCUT2D eigenvalue weighted by atomic mass is 10.1. The first-order chi connectivity index (χ1) is 9.85. The van der Waals surface area contributed by atoms with Gasteiger partial charge in [0.1, 0.15) is 10.6 Å². The van der Waals surface area contributed by atoms with Crippen LogP contribution in [0.4, 0.5) is 0 Å². The van der Waals surface area contributed by atoms with Crippen molar-refractivity contribution in [3.8, 4) is 0 Å². The number of rotatable bonds is 5. The highest BCUT2D eigenvalue weighted by molar-refractivity contribution is 7.89. The molecule has 21 heavy (non-hydrogen) atoms. The number of sulfonamides is 1. The second-order valence-corrected chi connectivity index (χ2v) is 6.74. The van der Waals surface area contributed by atoms with Gasteiger partial charge in [-0.3, -0.25) is 0 Å². The molecular weight excluding hydrogens is 288 g/mol.